The molecule has 1 aromatic rings. The summed E-state index contributed by atoms with van der Waals surface area (Å²) in [6, 6.07) is 6.22. The molecule has 1 aromatic carbocycles. The lowest BCUT2D eigenvalue weighted by Gasteiger charge is -2.15. The highest BCUT2D eigenvalue weighted by atomic mass is 32.2. The van der Waals surface area contributed by atoms with Crippen LogP contribution in [0.4, 0.5) is 0 Å². The van der Waals surface area contributed by atoms with E-state index in [1.807, 2.05) is 23.9 Å². The van der Waals surface area contributed by atoms with Crippen molar-refractivity contribution in [2.45, 2.75) is 19.4 Å². The molecule has 0 amide bonds. The minimum absolute atomic E-state index is 0.142. The van der Waals surface area contributed by atoms with Crippen LogP contribution < -0.4 is 10.5 Å². The maximum atomic E-state index is 6.12. The number of benzene rings is 1. The predicted molar refractivity (Wildman–Crippen MR) is 67.7 cm³/mol. The van der Waals surface area contributed by atoms with Crippen molar-refractivity contribution in [3.63, 3.8) is 0 Å². The van der Waals surface area contributed by atoms with E-state index in [2.05, 4.69) is 19.2 Å². The summed E-state index contributed by atoms with van der Waals surface area (Å²) in [4.78, 5) is 0. The molecule has 0 saturated carbocycles. The van der Waals surface area contributed by atoms with Gasteiger partial charge in [-0.15, -0.1) is 0 Å². The van der Waals surface area contributed by atoms with Crippen molar-refractivity contribution in [1.82, 2.24) is 0 Å². The van der Waals surface area contributed by atoms with Gasteiger partial charge in [-0.3, -0.25) is 0 Å². The first-order valence-corrected chi connectivity index (χ1v) is 6.47. The van der Waals surface area contributed by atoms with Crippen LogP contribution in [-0.2, 0) is 0 Å². The van der Waals surface area contributed by atoms with Crippen LogP contribution in [0.2, 0.25) is 0 Å². The summed E-state index contributed by atoms with van der Waals surface area (Å²) < 4.78 is 5.17. The summed E-state index contributed by atoms with van der Waals surface area (Å²) in [5, 5.41) is 0. The van der Waals surface area contributed by atoms with Gasteiger partial charge in [0, 0.05) is 6.04 Å². The summed E-state index contributed by atoms with van der Waals surface area (Å²) in [5.74, 6) is 2.00. The topological polar surface area (TPSA) is 35.2 Å². The Kier molecular flexibility index (Phi) is 4.99. The molecule has 0 spiro atoms. The van der Waals surface area contributed by atoms with Crippen LogP contribution in [0.1, 0.15) is 23.6 Å². The first-order chi connectivity index (χ1) is 7.19. The van der Waals surface area contributed by atoms with Gasteiger partial charge in [0.2, 0.25) is 0 Å². The lowest BCUT2D eigenvalue weighted by atomic mass is 10.00. The second kappa shape index (κ2) is 6.03. The fourth-order valence-corrected chi connectivity index (χ4v) is 2.08. The molecule has 2 nitrogen and oxygen atoms in total. The Bertz CT molecular complexity index is 314. The minimum Gasteiger partial charge on any atom is -0.497 e. The van der Waals surface area contributed by atoms with Crippen molar-refractivity contribution in [1.29, 1.82) is 0 Å². The van der Waals surface area contributed by atoms with Crippen LogP contribution >= 0.6 is 11.8 Å². The van der Waals surface area contributed by atoms with E-state index < -0.39 is 0 Å². The van der Waals surface area contributed by atoms with E-state index >= 15 is 0 Å². The summed E-state index contributed by atoms with van der Waals surface area (Å²) in [7, 11) is 1.68. The van der Waals surface area contributed by atoms with Crippen LogP contribution in [0.15, 0.2) is 18.2 Å². The second-order valence-corrected chi connectivity index (χ2v) is 4.60. The highest BCUT2D eigenvalue weighted by Crippen LogP contribution is 2.23. The number of aryl methyl sites for hydroxylation is 1. The van der Waals surface area contributed by atoms with Crippen LogP contribution in [0.3, 0.4) is 0 Å². The van der Waals surface area contributed by atoms with Crippen LogP contribution in [0.5, 0.6) is 5.75 Å². The fraction of sp³-hybridized carbons (Fsp3) is 0.500. The third-order valence-corrected chi connectivity index (χ3v) is 3.15. The molecule has 1 rings (SSSR count). The number of hydrogen-bond donors (Lipinski definition) is 1. The maximum absolute atomic E-state index is 6.12. The molecule has 84 valence electrons. The lowest BCUT2D eigenvalue weighted by molar-refractivity contribution is 0.414. The second-order valence-electron chi connectivity index (χ2n) is 3.61. The largest absolute Gasteiger partial charge is 0.497 e. The SMILES string of the molecule is COc1ccc(C(N)CCSC)c(C)c1. The Labute approximate surface area is 96.2 Å². The van der Waals surface area contributed by atoms with Crippen molar-refractivity contribution in [3.05, 3.63) is 29.3 Å². The van der Waals surface area contributed by atoms with Gasteiger partial charge in [0.1, 0.15) is 5.75 Å². The van der Waals surface area contributed by atoms with Gasteiger partial charge in [-0.25, -0.2) is 0 Å². The van der Waals surface area contributed by atoms with Gasteiger partial charge in [0.15, 0.2) is 0 Å². The number of methoxy groups -OCH3 is 1. The van der Waals surface area contributed by atoms with Gasteiger partial charge in [0.05, 0.1) is 7.11 Å². The average Bonchev–Trinajstić information content (AvgIpc) is 2.25. The van der Waals surface area contributed by atoms with Gasteiger partial charge in [-0.1, -0.05) is 6.07 Å². The van der Waals surface area contributed by atoms with Crippen LogP contribution in [-0.4, -0.2) is 19.1 Å². The molecule has 0 aromatic heterocycles. The zero-order valence-electron chi connectivity index (χ0n) is 9.62. The molecule has 0 aliphatic heterocycles. The Morgan fingerprint density at radius 2 is 2.20 bits per heavy atom. The number of nitrogens with two attached hydrogens (primary N) is 1. The molecule has 1 unspecified atom stereocenters. The van der Waals surface area contributed by atoms with Gasteiger partial charge in [-0.2, -0.15) is 11.8 Å². The van der Waals surface area contributed by atoms with Crippen molar-refractivity contribution < 1.29 is 4.74 Å². The number of rotatable bonds is 5. The normalized spacial score (nSPS) is 12.5. The first kappa shape index (κ1) is 12.4. The van der Waals surface area contributed by atoms with E-state index in [1.54, 1.807) is 7.11 Å². The monoisotopic (exact) mass is 225 g/mol. The lowest BCUT2D eigenvalue weighted by Crippen LogP contribution is -2.12. The standard InChI is InChI=1S/C12H19NOS/c1-9-8-10(14-2)4-5-11(9)12(13)6-7-15-3/h4-5,8,12H,6-7,13H2,1-3H3. The summed E-state index contributed by atoms with van der Waals surface area (Å²) in [5.41, 5.74) is 8.56. The zero-order chi connectivity index (χ0) is 11.3. The van der Waals surface area contributed by atoms with Gasteiger partial charge >= 0.3 is 0 Å². The Morgan fingerprint density at radius 3 is 2.73 bits per heavy atom. The molecule has 0 aliphatic carbocycles. The van der Waals surface area contributed by atoms with Gasteiger partial charge in [0.25, 0.3) is 0 Å². The Balaban J connectivity index is 2.76. The van der Waals surface area contributed by atoms with Crippen LogP contribution in [0.25, 0.3) is 0 Å². The van der Waals surface area contributed by atoms with E-state index in [0.29, 0.717) is 0 Å². The molecule has 0 saturated heterocycles. The van der Waals surface area contributed by atoms with Crippen molar-refractivity contribution >= 4 is 11.8 Å². The minimum atomic E-state index is 0.142. The summed E-state index contributed by atoms with van der Waals surface area (Å²) in [6.45, 7) is 2.08. The summed E-state index contributed by atoms with van der Waals surface area (Å²) >= 11 is 1.83. The quantitative estimate of drug-likeness (QED) is 0.837. The van der Waals surface area contributed by atoms with Gasteiger partial charge < -0.3 is 10.5 Å². The zero-order valence-corrected chi connectivity index (χ0v) is 10.4. The fourth-order valence-electron chi connectivity index (χ4n) is 1.59. The maximum Gasteiger partial charge on any atom is 0.119 e. The van der Waals surface area contributed by atoms with Crippen LogP contribution in [0, 0.1) is 6.92 Å². The Morgan fingerprint density at radius 1 is 1.47 bits per heavy atom. The third kappa shape index (κ3) is 3.43. The van der Waals surface area contributed by atoms with Crippen molar-refractivity contribution in [3.8, 4) is 5.75 Å². The molecular weight excluding hydrogens is 206 g/mol. The van der Waals surface area contributed by atoms with E-state index in [0.717, 1.165) is 17.9 Å². The number of ether oxygens (including phenoxy) is 1. The highest BCUT2D eigenvalue weighted by molar-refractivity contribution is 7.98. The number of thioether (sulfide) groups is 1. The molecule has 0 fully saturated rings. The smallest absolute Gasteiger partial charge is 0.119 e. The molecule has 0 heterocycles. The summed E-state index contributed by atoms with van der Waals surface area (Å²) in [6.07, 6.45) is 3.13. The van der Waals surface area contributed by atoms with Crippen molar-refractivity contribution in [2.75, 3.05) is 19.1 Å². The van der Waals surface area contributed by atoms with E-state index in [4.69, 9.17) is 10.5 Å². The molecule has 3 heteroatoms. The molecule has 15 heavy (non-hydrogen) atoms. The van der Waals surface area contributed by atoms with E-state index in [1.165, 1.54) is 11.1 Å². The van der Waals surface area contributed by atoms with E-state index in [9.17, 15) is 0 Å². The molecule has 2 N–H and O–H groups in total. The molecular formula is C12H19NOS. The first-order valence-electron chi connectivity index (χ1n) is 5.08. The molecule has 0 bridgehead atoms. The highest BCUT2D eigenvalue weighted by Gasteiger charge is 2.08. The predicted octanol–water partition coefficient (Wildman–Crippen LogP) is 2.76. The third-order valence-electron chi connectivity index (χ3n) is 2.51. The Hall–Kier alpha value is -0.670. The van der Waals surface area contributed by atoms with E-state index in [-0.39, 0.29) is 6.04 Å². The van der Waals surface area contributed by atoms with Gasteiger partial charge in [-0.05, 0) is 48.6 Å². The van der Waals surface area contributed by atoms with Crippen molar-refractivity contribution in [2.24, 2.45) is 5.73 Å². The number of hydrogen-bond acceptors (Lipinski definition) is 3. The molecule has 0 aliphatic rings. The molecule has 0 radical (unpaired) electrons. The molecule has 1 atom stereocenters. The average molecular weight is 225 g/mol.